The molecule has 1 amide bonds. The summed E-state index contributed by atoms with van der Waals surface area (Å²) in [4.78, 5) is 22.4. The average molecular weight is 445 g/mol. The van der Waals surface area contributed by atoms with E-state index in [1.54, 1.807) is 24.3 Å². The summed E-state index contributed by atoms with van der Waals surface area (Å²) in [7, 11) is 0. The molecule has 8 nitrogen and oxygen atoms in total. The van der Waals surface area contributed by atoms with Crippen molar-refractivity contribution >= 4 is 40.1 Å². The second-order valence-electron chi connectivity index (χ2n) is 7.93. The molecule has 0 spiro atoms. The van der Waals surface area contributed by atoms with Gasteiger partial charge in [0.05, 0.1) is 17.2 Å². The van der Waals surface area contributed by atoms with Crippen LogP contribution in [0.1, 0.15) is 54.9 Å². The zero-order valence-electron chi connectivity index (χ0n) is 18.7. The van der Waals surface area contributed by atoms with Crippen LogP contribution in [-0.2, 0) is 0 Å². The van der Waals surface area contributed by atoms with Gasteiger partial charge in [-0.15, -0.1) is 0 Å². The first-order chi connectivity index (χ1) is 16.1. The molecule has 4 aromatic rings. The van der Waals surface area contributed by atoms with Crippen molar-refractivity contribution in [3.05, 3.63) is 59.7 Å². The summed E-state index contributed by atoms with van der Waals surface area (Å²) in [6.45, 7) is 2.74. The fourth-order valence-corrected chi connectivity index (χ4v) is 3.72. The third-order valence-electron chi connectivity index (χ3n) is 5.52. The highest BCUT2D eigenvalue weighted by Gasteiger charge is 2.23. The van der Waals surface area contributed by atoms with Gasteiger partial charge in [0.1, 0.15) is 22.6 Å². The van der Waals surface area contributed by atoms with Gasteiger partial charge in [0.25, 0.3) is 5.91 Å². The molecular formula is C25H28N6O2. The summed E-state index contributed by atoms with van der Waals surface area (Å²) >= 11 is 0. The highest BCUT2D eigenvalue weighted by atomic mass is 16.3. The van der Waals surface area contributed by atoms with E-state index in [0.717, 1.165) is 19.3 Å². The van der Waals surface area contributed by atoms with Gasteiger partial charge < -0.3 is 16.2 Å². The standard InChI is InChI=1S/C25H28N6O2/c1-2-3-4-5-10-15-27-25(33)21-22-24(30-19-13-8-7-12-18(19)29-22)31(23(21)26)28-16-17-11-6-9-14-20(17)32/h6-9,11-14,16,32H,2-5,10,15,26H2,1H3,(H,27,33)/b28-16-. The first-order valence-electron chi connectivity index (χ1n) is 11.3. The zero-order valence-corrected chi connectivity index (χ0v) is 18.7. The number of carbonyl (C=O) groups excluding carboxylic acids is 1. The SMILES string of the molecule is CCCCCCCNC(=O)c1c(N)n(/N=C\c2ccccc2O)c2nc3ccccc3nc12. The number of nitrogens with zero attached hydrogens (tertiary/aromatic N) is 4. The molecule has 0 bridgehead atoms. The van der Waals surface area contributed by atoms with Gasteiger partial charge in [-0.2, -0.15) is 9.78 Å². The lowest BCUT2D eigenvalue weighted by Gasteiger charge is -2.05. The molecule has 4 rings (SSSR count). The molecule has 0 saturated carbocycles. The van der Waals surface area contributed by atoms with E-state index in [4.69, 9.17) is 5.73 Å². The summed E-state index contributed by atoms with van der Waals surface area (Å²) < 4.78 is 1.40. The van der Waals surface area contributed by atoms with Crippen molar-refractivity contribution in [1.29, 1.82) is 0 Å². The number of phenolic OH excluding ortho intramolecular Hbond substituents is 1. The Morgan fingerprint density at radius 1 is 1.06 bits per heavy atom. The molecule has 2 aromatic carbocycles. The highest BCUT2D eigenvalue weighted by molar-refractivity contribution is 6.10. The maximum Gasteiger partial charge on any atom is 0.257 e. The zero-order chi connectivity index (χ0) is 23.2. The third kappa shape index (κ3) is 4.79. The van der Waals surface area contributed by atoms with Crippen molar-refractivity contribution in [2.45, 2.75) is 39.0 Å². The van der Waals surface area contributed by atoms with Crippen LogP contribution in [0.2, 0.25) is 0 Å². The van der Waals surface area contributed by atoms with E-state index in [-0.39, 0.29) is 23.0 Å². The summed E-state index contributed by atoms with van der Waals surface area (Å²) in [5, 5.41) is 17.4. The molecule has 170 valence electrons. The molecule has 0 aliphatic carbocycles. The van der Waals surface area contributed by atoms with E-state index in [0.29, 0.717) is 34.3 Å². The van der Waals surface area contributed by atoms with Crippen molar-refractivity contribution < 1.29 is 9.90 Å². The molecule has 33 heavy (non-hydrogen) atoms. The number of unbranched alkanes of at least 4 members (excludes halogenated alkanes) is 4. The number of hydrogen-bond donors (Lipinski definition) is 3. The van der Waals surface area contributed by atoms with Gasteiger partial charge in [-0.25, -0.2) is 9.97 Å². The predicted octanol–water partition coefficient (Wildman–Crippen LogP) is 4.45. The number of aromatic hydroxyl groups is 1. The number of benzene rings is 2. The number of carbonyl (C=O) groups is 1. The van der Waals surface area contributed by atoms with Crippen LogP contribution >= 0.6 is 0 Å². The molecule has 0 aliphatic heterocycles. The maximum atomic E-state index is 13.1. The highest BCUT2D eigenvalue weighted by Crippen LogP contribution is 2.28. The Morgan fingerprint density at radius 3 is 2.52 bits per heavy atom. The minimum Gasteiger partial charge on any atom is -0.507 e. The molecule has 0 fully saturated rings. The molecule has 2 aromatic heterocycles. The van der Waals surface area contributed by atoms with Crippen molar-refractivity contribution in [2.24, 2.45) is 5.10 Å². The van der Waals surface area contributed by atoms with E-state index >= 15 is 0 Å². The normalized spacial score (nSPS) is 11.5. The number of nitrogens with two attached hydrogens (primary N) is 1. The lowest BCUT2D eigenvalue weighted by molar-refractivity contribution is 0.0955. The molecule has 0 saturated heterocycles. The Morgan fingerprint density at radius 2 is 1.76 bits per heavy atom. The van der Waals surface area contributed by atoms with Crippen LogP contribution in [0.25, 0.3) is 22.2 Å². The smallest absolute Gasteiger partial charge is 0.257 e. The molecule has 4 N–H and O–H groups in total. The number of aromatic nitrogens is 3. The van der Waals surface area contributed by atoms with E-state index in [1.807, 2.05) is 24.3 Å². The number of para-hydroxylation sites is 3. The van der Waals surface area contributed by atoms with Crippen LogP contribution < -0.4 is 11.1 Å². The first-order valence-corrected chi connectivity index (χ1v) is 11.3. The molecule has 8 heteroatoms. The van der Waals surface area contributed by atoms with Crippen LogP contribution in [0.15, 0.2) is 53.6 Å². The van der Waals surface area contributed by atoms with Gasteiger partial charge in [0, 0.05) is 12.1 Å². The van der Waals surface area contributed by atoms with Crippen LogP contribution in [0.4, 0.5) is 5.82 Å². The Bertz CT molecular complexity index is 1310. The summed E-state index contributed by atoms with van der Waals surface area (Å²) in [6, 6.07) is 14.3. The molecule has 0 aliphatic rings. The van der Waals surface area contributed by atoms with E-state index in [9.17, 15) is 9.90 Å². The van der Waals surface area contributed by atoms with E-state index in [1.165, 1.54) is 23.7 Å². The molecule has 2 heterocycles. The monoisotopic (exact) mass is 444 g/mol. The Labute approximate surface area is 192 Å². The molecular weight excluding hydrogens is 416 g/mol. The van der Waals surface area contributed by atoms with Gasteiger partial charge in [-0.3, -0.25) is 4.79 Å². The first kappa shape index (κ1) is 22.3. The topological polar surface area (TPSA) is 118 Å². The van der Waals surface area contributed by atoms with Crippen LogP contribution in [-0.4, -0.2) is 38.4 Å². The predicted molar refractivity (Wildman–Crippen MR) is 132 cm³/mol. The largest absolute Gasteiger partial charge is 0.507 e. The van der Waals surface area contributed by atoms with E-state index < -0.39 is 0 Å². The fraction of sp³-hybridized carbons (Fsp3) is 0.280. The van der Waals surface area contributed by atoms with E-state index in [2.05, 4.69) is 27.3 Å². The van der Waals surface area contributed by atoms with Crippen molar-refractivity contribution in [2.75, 3.05) is 12.3 Å². The molecule has 0 unspecified atom stereocenters. The van der Waals surface area contributed by atoms with Crippen LogP contribution in [0.3, 0.4) is 0 Å². The number of anilines is 1. The summed E-state index contributed by atoms with van der Waals surface area (Å²) in [5.74, 6) is -0.0570. The number of nitrogen functional groups attached to an aromatic ring is 1. The van der Waals surface area contributed by atoms with Crippen LogP contribution in [0, 0.1) is 0 Å². The lowest BCUT2D eigenvalue weighted by Crippen LogP contribution is -2.25. The Kier molecular flexibility index (Phi) is 6.83. The Hall–Kier alpha value is -3.94. The second kappa shape index (κ2) is 10.1. The van der Waals surface area contributed by atoms with Crippen molar-refractivity contribution in [3.63, 3.8) is 0 Å². The van der Waals surface area contributed by atoms with Gasteiger partial charge >= 0.3 is 0 Å². The lowest BCUT2D eigenvalue weighted by atomic mass is 10.1. The van der Waals surface area contributed by atoms with Crippen molar-refractivity contribution in [3.8, 4) is 5.75 Å². The number of phenols is 1. The van der Waals surface area contributed by atoms with Gasteiger partial charge in [-0.1, -0.05) is 56.9 Å². The second-order valence-corrected chi connectivity index (χ2v) is 7.93. The minimum absolute atomic E-state index is 0.0915. The van der Waals surface area contributed by atoms with Crippen LogP contribution in [0.5, 0.6) is 5.75 Å². The third-order valence-corrected chi connectivity index (χ3v) is 5.52. The van der Waals surface area contributed by atoms with Gasteiger partial charge in [-0.05, 0) is 30.7 Å². The fourth-order valence-electron chi connectivity index (χ4n) is 3.72. The molecule has 0 radical (unpaired) electrons. The number of hydrogen-bond acceptors (Lipinski definition) is 6. The van der Waals surface area contributed by atoms with Gasteiger partial charge in [0.2, 0.25) is 0 Å². The van der Waals surface area contributed by atoms with Crippen molar-refractivity contribution in [1.82, 2.24) is 20.0 Å². The maximum absolute atomic E-state index is 13.1. The summed E-state index contributed by atoms with van der Waals surface area (Å²) in [6.07, 6.45) is 7.00. The van der Waals surface area contributed by atoms with Gasteiger partial charge in [0.15, 0.2) is 5.65 Å². The number of fused-ring (bicyclic) bond motifs is 2. The quantitative estimate of drug-likeness (QED) is 0.260. The minimum atomic E-state index is -0.297. The number of rotatable bonds is 9. The Balaban J connectivity index is 1.71. The average Bonchev–Trinajstić information content (AvgIpc) is 3.09. The number of nitrogens with one attached hydrogen (secondary N) is 1. The summed E-state index contributed by atoms with van der Waals surface area (Å²) in [5.41, 5.74) is 9.28. The molecule has 0 atom stereocenters. The number of amides is 1.